The van der Waals surface area contributed by atoms with Gasteiger partial charge in [0.25, 0.3) is 0 Å². The minimum atomic E-state index is -3.49. The molecule has 1 fully saturated rings. The molecule has 0 atom stereocenters. The summed E-state index contributed by atoms with van der Waals surface area (Å²) in [6.07, 6.45) is 10.1. The van der Waals surface area contributed by atoms with E-state index >= 15 is 0 Å². The maximum absolute atomic E-state index is 14.6. The Balaban J connectivity index is 1.32. The van der Waals surface area contributed by atoms with Gasteiger partial charge in [-0.2, -0.15) is 5.10 Å². The van der Waals surface area contributed by atoms with E-state index in [4.69, 9.17) is 0 Å². The second-order valence-corrected chi connectivity index (χ2v) is 11.5. The number of hydrogen-bond acceptors (Lipinski definition) is 8. The first-order chi connectivity index (χ1) is 17.2. The summed E-state index contributed by atoms with van der Waals surface area (Å²) in [6, 6.07) is 5.53. The van der Waals surface area contributed by atoms with E-state index in [2.05, 4.69) is 44.1 Å². The summed E-state index contributed by atoms with van der Waals surface area (Å²) in [6.45, 7) is 5.91. The summed E-state index contributed by atoms with van der Waals surface area (Å²) in [5.41, 5.74) is 3.45. The zero-order valence-corrected chi connectivity index (χ0v) is 21.2. The van der Waals surface area contributed by atoms with Crippen LogP contribution in [0, 0.1) is 5.82 Å². The monoisotopic (exact) mass is 509 g/mol. The van der Waals surface area contributed by atoms with Crippen LogP contribution in [-0.4, -0.2) is 52.3 Å². The molecule has 5 rings (SSSR count). The molecule has 11 heteroatoms. The molecule has 0 spiro atoms. The number of anilines is 3. The van der Waals surface area contributed by atoms with Crippen LogP contribution in [0.4, 0.5) is 21.7 Å². The average Bonchev–Trinajstić information content (AvgIpc) is 3.30. The Hall–Kier alpha value is -3.60. The SMILES string of the molecule is CC(C)c1cnc(N2CCC(c3cnc4c(Nc5ccc(S(C)(=O)=O)cc5F)ccnn34)CC2)nc1. The molecular formula is C25H28FN7O2S. The van der Waals surface area contributed by atoms with Crippen molar-refractivity contribution in [2.75, 3.05) is 29.6 Å². The van der Waals surface area contributed by atoms with Crippen LogP contribution in [0.3, 0.4) is 0 Å². The van der Waals surface area contributed by atoms with Gasteiger partial charge in [-0.3, -0.25) is 0 Å². The van der Waals surface area contributed by atoms with Gasteiger partial charge in [-0.15, -0.1) is 0 Å². The zero-order valence-electron chi connectivity index (χ0n) is 20.4. The third kappa shape index (κ3) is 4.75. The highest BCUT2D eigenvalue weighted by atomic mass is 32.2. The lowest BCUT2D eigenvalue weighted by atomic mass is 9.94. The Bertz CT molecular complexity index is 1490. The number of nitrogens with one attached hydrogen (secondary N) is 1. The van der Waals surface area contributed by atoms with Crippen LogP contribution in [0.1, 0.15) is 49.8 Å². The number of imidazole rings is 1. The van der Waals surface area contributed by atoms with Crippen LogP contribution in [0.2, 0.25) is 0 Å². The van der Waals surface area contributed by atoms with Gasteiger partial charge >= 0.3 is 0 Å². The summed E-state index contributed by atoms with van der Waals surface area (Å²) >= 11 is 0. The van der Waals surface area contributed by atoms with Gasteiger partial charge in [-0.05, 0) is 48.6 Å². The molecule has 1 saturated heterocycles. The van der Waals surface area contributed by atoms with Gasteiger partial charge in [0.2, 0.25) is 5.95 Å². The predicted molar refractivity (Wildman–Crippen MR) is 136 cm³/mol. The Kier molecular flexibility index (Phi) is 6.33. The smallest absolute Gasteiger partial charge is 0.225 e. The van der Waals surface area contributed by atoms with Crippen molar-refractivity contribution in [1.29, 1.82) is 0 Å². The fraction of sp³-hybridized carbons (Fsp3) is 0.360. The highest BCUT2D eigenvalue weighted by Gasteiger charge is 2.25. The molecule has 1 aliphatic heterocycles. The zero-order chi connectivity index (χ0) is 25.4. The lowest BCUT2D eigenvalue weighted by molar-refractivity contribution is 0.483. The number of halogens is 1. The molecule has 188 valence electrons. The first-order valence-corrected chi connectivity index (χ1v) is 13.8. The van der Waals surface area contributed by atoms with E-state index in [1.165, 1.54) is 12.1 Å². The van der Waals surface area contributed by atoms with Crippen molar-refractivity contribution >= 4 is 32.8 Å². The standard InChI is InChI=1S/C25H28FN7O2S/c1-16(2)18-13-28-25(29-14-18)32-10-7-17(8-11-32)23-15-27-24-22(6-9-30-33(23)24)31-21-5-4-19(12-20(21)26)36(3,34)35/h4-6,9,12-17,31H,7-8,10-11H2,1-3H3. The number of fused-ring (bicyclic) bond motifs is 1. The number of rotatable bonds is 6. The highest BCUT2D eigenvalue weighted by Crippen LogP contribution is 2.32. The third-order valence-corrected chi connectivity index (χ3v) is 7.70. The van der Waals surface area contributed by atoms with Crippen molar-refractivity contribution in [3.8, 4) is 0 Å². The summed E-state index contributed by atoms with van der Waals surface area (Å²) in [4.78, 5) is 15.8. The van der Waals surface area contributed by atoms with Crippen LogP contribution in [0.5, 0.6) is 0 Å². The Morgan fingerprint density at radius 1 is 1.03 bits per heavy atom. The molecule has 1 aromatic carbocycles. The Morgan fingerprint density at radius 2 is 1.75 bits per heavy atom. The first-order valence-electron chi connectivity index (χ1n) is 11.9. The molecule has 0 aliphatic carbocycles. The molecule has 4 heterocycles. The predicted octanol–water partition coefficient (Wildman–Crippen LogP) is 4.31. The van der Waals surface area contributed by atoms with Crippen LogP contribution in [0.15, 0.2) is 53.9 Å². The molecule has 0 radical (unpaired) electrons. The number of piperidine rings is 1. The van der Waals surface area contributed by atoms with Crippen molar-refractivity contribution in [3.63, 3.8) is 0 Å². The van der Waals surface area contributed by atoms with Crippen molar-refractivity contribution < 1.29 is 12.8 Å². The van der Waals surface area contributed by atoms with Gasteiger partial charge < -0.3 is 10.2 Å². The quantitative estimate of drug-likeness (QED) is 0.410. The normalized spacial score (nSPS) is 15.1. The van der Waals surface area contributed by atoms with E-state index in [0.717, 1.165) is 55.5 Å². The van der Waals surface area contributed by atoms with Crippen LogP contribution in [-0.2, 0) is 9.84 Å². The molecule has 36 heavy (non-hydrogen) atoms. The van der Waals surface area contributed by atoms with Crippen molar-refractivity contribution in [2.24, 2.45) is 0 Å². The van der Waals surface area contributed by atoms with Gasteiger partial charge in [0.05, 0.1) is 34.4 Å². The van der Waals surface area contributed by atoms with Crippen LogP contribution < -0.4 is 10.2 Å². The molecule has 1 N–H and O–H groups in total. The molecule has 9 nitrogen and oxygen atoms in total. The molecule has 0 unspecified atom stereocenters. The molecule has 4 aromatic rings. The van der Waals surface area contributed by atoms with Crippen LogP contribution >= 0.6 is 0 Å². The van der Waals surface area contributed by atoms with Gasteiger partial charge in [0, 0.05) is 37.7 Å². The van der Waals surface area contributed by atoms with Crippen molar-refractivity contribution in [3.05, 3.63) is 66.1 Å². The lowest BCUT2D eigenvalue weighted by Gasteiger charge is -2.31. The molecule has 3 aromatic heterocycles. The van der Waals surface area contributed by atoms with Crippen molar-refractivity contribution in [1.82, 2.24) is 24.6 Å². The van der Waals surface area contributed by atoms with E-state index < -0.39 is 15.7 Å². The number of sulfone groups is 1. The molecular weight excluding hydrogens is 481 g/mol. The second-order valence-electron chi connectivity index (χ2n) is 9.43. The highest BCUT2D eigenvalue weighted by molar-refractivity contribution is 7.90. The summed E-state index contributed by atoms with van der Waals surface area (Å²) < 4.78 is 39.8. The molecule has 0 amide bonds. The number of benzene rings is 1. The van der Waals surface area contributed by atoms with E-state index in [1.54, 1.807) is 16.8 Å². The third-order valence-electron chi connectivity index (χ3n) is 6.59. The first kappa shape index (κ1) is 24.1. The largest absolute Gasteiger partial charge is 0.350 e. The minimum absolute atomic E-state index is 0.0684. The summed E-state index contributed by atoms with van der Waals surface area (Å²) in [7, 11) is -3.49. The van der Waals surface area contributed by atoms with E-state index in [9.17, 15) is 12.8 Å². The summed E-state index contributed by atoms with van der Waals surface area (Å²) in [5.74, 6) is 0.759. The Labute approximate surface area is 209 Å². The topological polar surface area (TPSA) is 105 Å². The number of aromatic nitrogens is 5. The van der Waals surface area contributed by atoms with Crippen molar-refractivity contribution in [2.45, 2.75) is 43.4 Å². The average molecular weight is 510 g/mol. The van der Waals surface area contributed by atoms with Crippen LogP contribution in [0.25, 0.3) is 5.65 Å². The maximum atomic E-state index is 14.6. The van der Waals surface area contributed by atoms with Gasteiger partial charge in [-0.25, -0.2) is 32.3 Å². The van der Waals surface area contributed by atoms with E-state index in [0.29, 0.717) is 17.3 Å². The Morgan fingerprint density at radius 3 is 2.39 bits per heavy atom. The maximum Gasteiger partial charge on any atom is 0.225 e. The number of hydrogen-bond donors (Lipinski definition) is 1. The van der Waals surface area contributed by atoms with Gasteiger partial charge in [0.15, 0.2) is 15.5 Å². The molecule has 0 saturated carbocycles. The summed E-state index contributed by atoms with van der Waals surface area (Å²) in [5, 5.41) is 7.53. The number of nitrogens with zero attached hydrogens (tertiary/aromatic N) is 6. The minimum Gasteiger partial charge on any atom is -0.350 e. The fourth-order valence-electron chi connectivity index (χ4n) is 4.43. The van der Waals surface area contributed by atoms with E-state index in [-0.39, 0.29) is 16.5 Å². The van der Waals surface area contributed by atoms with Gasteiger partial charge in [-0.1, -0.05) is 13.8 Å². The fourth-order valence-corrected chi connectivity index (χ4v) is 5.06. The molecule has 1 aliphatic rings. The lowest BCUT2D eigenvalue weighted by Crippen LogP contribution is -2.34. The second kappa shape index (κ2) is 9.45. The molecule has 0 bridgehead atoms. The van der Waals surface area contributed by atoms with Gasteiger partial charge in [0.1, 0.15) is 5.82 Å². The van der Waals surface area contributed by atoms with E-state index in [1.807, 2.05) is 18.6 Å².